The second-order valence-corrected chi connectivity index (χ2v) is 3.49. The highest BCUT2D eigenvalue weighted by Crippen LogP contribution is 2.28. The summed E-state index contributed by atoms with van der Waals surface area (Å²) in [4.78, 5) is 24.8. The fraction of sp³-hybridized carbons (Fsp3) is 0.200. The molecule has 2 rings (SSSR count). The molecule has 0 saturated heterocycles. The van der Waals surface area contributed by atoms with Gasteiger partial charge in [-0.1, -0.05) is 6.07 Å². The molecule has 1 unspecified atom stereocenters. The van der Waals surface area contributed by atoms with Crippen LogP contribution in [0.2, 0.25) is 0 Å². The first-order valence-electron chi connectivity index (χ1n) is 4.77. The van der Waals surface area contributed by atoms with Gasteiger partial charge in [0, 0.05) is 6.07 Å². The molecule has 0 fully saturated rings. The predicted octanol–water partition coefficient (Wildman–Crippen LogP) is 1.92. The Kier molecular flexibility index (Phi) is 2.51. The summed E-state index contributed by atoms with van der Waals surface area (Å²) < 4.78 is 5.15. The molecule has 0 aliphatic heterocycles. The molecule has 2 aromatic rings. The first kappa shape index (κ1) is 11.1. The molecule has 7 heteroatoms. The van der Waals surface area contributed by atoms with Crippen LogP contribution in [0.25, 0.3) is 11.1 Å². The van der Waals surface area contributed by atoms with Crippen LogP contribution in [0.3, 0.4) is 0 Å². The molecule has 1 heterocycles. The quantitative estimate of drug-likeness (QED) is 0.644. The Hall–Kier alpha value is -2.44. The number of nitro benzene ring substituents is 1. The van der Waals surface area contributed by atoms with E-state index >= 15 is 0 Å². The van der Waals surface area contributed by atoms with Gasteiger partial charge in [0.25, 0.3) is 0 Å². The lowest BCUT2D eigenvalue weighted by Gasteiger charge is -1.97. The Balaban J connectivity index is 2.61. The lowest BCUT2D eigenvalue weighted by Crippen LogP contribution is -2.07. The highest BCUT2D eigenvalue weighted by molar-refractivity contribution is 5.83. The Morgan fingerprint density at radius 2 is 2.29 bits per heavy atom. The Morgan fingerprint density at radius 3 is 2.88 bits per heavy atom. The van der Waals surface area contributed by atoms with E-state index in [1.807, 2.05) is 0 Å². The molecular formula is C10H8N2O5. The van der Waals surface area contributed by atoms with Gasteiger partial charge in [-0.15, -0.1) is 0 Å². The monoisotopic (exact) mass is 236 g/mol. The summed E-state index contributed by atoms with van der Waals surface area (Å²) in [6.45, 7) is 1.40. The third-order valence-corrected chi connectivity index (χ3v) is 2.35. The van der Waals surface area contributed by atoms with Gasteiger partial charge in [0.05, 0.1) is 4.92 Å². The average Bonchev–Trinajstić information content (AvgIpc) is 2.70. The average molecular weight is 236 g/mol. The normalized spacial score (nSPS) is 12.5. The number of para-hydroxylation sites is 1. The van der Waals surface area contributed by atoms with Gasteiger partial charge in [-0.3, -0.25) is 14.9 Å². The SMILES string of the molecule is CC(C(=O)O)c1nc2cccc([N+](=O)[O-])c2o1. The summed E-state index contributed by atoms with van der Waals surface area (Å²) in [6, 6.07) is 4.28. The number of benzene rings is 1. The first-order valence-corrected chi connectivity index (χ1v) is 4.77. The maximum atomic E-state index is 10.8. The number of carboxylic acids is 1. The van der Waals surface area contributed by atoms with Crippen molar-refractivity contribution in [1.29, 1.82) is 0 Å². The third-order valence-electron chi connectivity index (χ3n) is 2.35. The van der Waals surface area contributed by atoms with Crippen molar-refractivity contribution in [3.63, 3.8) is 0 Å². The summed E-state index contributed by atoms with van der Waals surface area (Å²) in [5, 5.41) is 19.5. The zero-order valence-corrected chi connectivity index (χ0v) is 8.78. The Morgan fingerprint density at radius 1 is 1.59 bits per heavy atom. The summed E-state index contributed by atoms with van der Waals surface area (Å²) in [7, 11) is 0. The lowest BCUT2D eigenvalue weighted by atomic mass is 10.2. The number of non-ortho nitro benzene ring substituents is 1. The van der Waals surface area contributed by atoms with Crippen LogP contribution in [0.5, 0.6) is 0 Å². The number of nitrogens with zero attached hydrogens (tertiary/aromatic N) is 2. The van der Waals surface area contributed by atoms with Gasteiger partial charge in [-0.05, 0) is 13.0 Å². The van der Waals surface area contributed by atoms with Gasteiger partial charge in [-0.25, -0.2) is 4.98 Å². The smallest absolute Gasteiger partial charge is 0.315 e. The van der Waals surface area contributed by atoms with Crippen molar-refractivity contribution in [2.75, 3.05) is 0 Å². The molecule has 88 valence electrons. The summed E-state index contributed by atoms with van der Waals surface area (Å²) in [5.74, 6) is -2.08. The molecule has 1 aromatic carbocycles. The minimum absolute atomic E-state index is 0.000556. The molecule has 0 radical (unpaired) electrons. The van der Waals surface area contributed by atoms with E-state index in [4.69, 9.17) is 9.52 Å². The number of aromatic nitrogens is 1. The first-order chi connectivity index (χ1) is 8.00. The van der Waals surface area contributed by atoms with E-state index in [2.05, 4.69) is 4.98 Å². The van der Waals surface area contributed by atoms with E-state index in [0.717, 1.165) is 0 Å². The number of hydrogen-bond donors (Lipinski definition) is 1. The molecule has 0 aliphatic carbocycles. The van der Waals surface area contributed by atoms with E-state index in [-0.39, 0.29) is 22.7 Å². The maximum Gasteiger partial charge on any atom is 0.315 e. The largest absolute Gasteiger partial charge is 0.481 e. The van der Waals surface area contributed by atoms with Gasteiger partial charge >= 0.3 is 11.7 Å². The van der Waals surface area contributed by atoms with E-state index in [1.54, 1.807) is 0 Å². The molecular weight excluding hydrogens is 228 g/mol. The van der Waals surface area contributed by atoms with Gasteiger partial charge in [0.2, 0.25) is 11.5 Å². The van der Waals surface area contributed by atoms with Crippen molar-refractivity contribution in [2.24, 2.45) is 0 Å². The summed E-state index contributed by atoms with van der Waals surface area (Å²) in [5.41, 5.74) is 0.0572. The molecule has 1 atom stereocenters. The molecule has 0 amide bonds. The van der Waals surface area contributed by atoms with Crippen LogP contribution < -0.4 is 0 Å². The number of rotatable bonds is 3. The summed E-state index contributed by atoms with van der Waals surface area (Å²) in [6.07, 6.45) is 0. The zero-order valence-electron chi connectivity index (χ0n) is 8.78. The fourth-order valence-corrected chi connectivity index (χ4v) is 1.39. The van der Waals surface area contributed by atoms with Crippen LogP contribution in [0, 0.1) is 10.1 Å². The standard InChI is InChI=1S/C10H8N2O5/c1-5(10(13)14)9-11-6-3-2-4-7(12(15)16)8(6)17-9/h2-5H,1H3,(H,13,14). The predicted molar refractivity (Wildman–Crippen MR) is 56.7 cm³/mol. The number of nitro groups is 1. The number of carboxylic acid groups (broad SMARTS) is 1. The fourth-order valence-electron chi connectivity index (χ4n) is 1.39. The second-order valence-electron chi connectivity index (χ2n) is 3.49. The van der Waals surface area contributed by atoms with Crippen molar-refractivity contribution in [3.05, 3.63) is 34.2 Å². The highest BCUT2D eigenvalue weighted by Gasteiger charge is 2.23. The van der Waals surface area contributed by atoms with Gasteiger partial charge in [-0.2, -0.15) is 0 Å². The lowest BCUT2D eigenvalue weighted by molar-refractivity contribution is -0.383. The molecule has 0 bridgehead atoms. The van der Waals surface area contributed by atoms with Crippen LogP contribution in [-0.4, -0.2) is 21.0 Å². The number of fused-ring (bicyclic) bond motifs is 1. The van der Waals surface area contributed by atoms with Crippen molar-refractivity contribution in [2.45, 2.75) is 12.8 Å². The van der Waals surface area contributed by atoms with E-state index in [1.165, 1.54) is 25.1 Å². The van der Waals surface area contributed by atoms with Crippen molar-refractivity contribution < 1.29 is 19.2 Å². The van der Waals surface area contributed by atoms with Gasteiger partial charge in [0.15, 0.2) is 0 Å². The van der Waals surface area contributed by atoms with Crippen molar-refractivity contribution in [1.82, 2.24) is 4.98 Å². The number of oxazole rings is 1. The molecule has 17 heavy (non-hydrogen) atoms. The Labute approximate surface area is 94.8 Å². The van der Waals surface area contributed by atoms with E-state index < -0.39 is 16.8 Å². The van der Waals surface area contributed by atoms with Crippen LogP contribution in [0.1, 0.15) is 18.7 Å². The summed E-state index contributed by atoms with van der Waals surface area (Å²) >= 11 is 0. The van der Waals surface area contributed by atoms with E-state index in [0.29, 0.717) is 0 Å². The molecule has 0 saturated carbocycles. The minimum atomic E-state index is -1.10. The van der Waals surface area contributed by atoms with Gasteiger partial charge < -0.3 is 9.52 Å². The molecule has 1 aromatic heterocycles. The number of carbonyl (C=O) groups is 1. The van der Waals surface area contributed by atoms with Crippen LogP contribution >= 0.6 is 0 Å². The van der Waals surface area contributed by atoms with E-state index in [9.17, 15) is 14.9 Å². The van der Waals surface area contributed by atoms with Crippen LogP contribution in [0.15, 0.2) is 22.6 Å². The van der Waals surface area contributed by atoms with Gasteiger partial charge in [0.1, 0.15) is 11.4 Å². The second kappa shape index (κ2) is 3.85. The minimum Gasteiger partial charge on any atom is -0.481 e. The van der Waals surface area contributed by atoms with Crippen molar-refractivity contribution >= 4 is 22.8 Å². The van der Waals surface area contributed by atoms with Crippen LogP contribution in [-0.2, 0) is 4.79 Å². The zero-order chi connectivity index (χ0) is 12.6. The maximum absolute atomic E-state index is 10.8. The van der Waals surface area contributed by atoms with Crippen LogP contribution in [0.4, 0.5) is 5.69 Å². The van der Waals surface area contributed by atoms with Crippen molar-refractivity contribution in [3.8, 4) is 0 Å². The molecule has 0 spiro atoms. The third kappa shape index (κ3) is 1.82. The molecule has 1 N–H and O–H groups in total. The highest BCUT2D eigenvalue weighted by atomic mass is 16.6. The molecule has 0 aliphatic rings. The number of aliphatic carboxylic acids is 1. The Bertz CT molecular complexity index is 604. The number of hydrogen-bond acceptors (Lipinski definition) is 5. The topological polar surface area (TPSA) is 106 Å². The molecule has 7 nitrogen and oxygen atoms in total.